The van der Waals surface area contributed by atoms with E-state index in [1.165, 1.54) is 11.3 Å². The van der Waals surface area contributed by atoms with Crippen LogP contribution in [0.4, 0.5) is 4.79 Å². The van der Waals surface area contributed by atoms with E-state index < -0.39 is 0 Å². The molecule has 2 fully saturated rings. The van der Waals surface area contributed by atoms with E-state index in [1.807, 2.05) is 30.3 Å². The molecular weight excluding hydrogens is 258 g/mol. The maximum atomic E-state index is 12.3. The molecule has 0 radical (unpaired) electrons. The van der Waals surface area contributed by atoms with Crippen molar-refractivity contribution in [1.29, 1.82) is 0 Å². The standard InChI is InChI=1S/C14H17N3O3/c18-14-16-9-13(7-6-12(16)8-15-19)17(14)20-10-11-4-2-1-3-5-11/h1-5,8,12-13,19H,6-7,9-10H2/b15-8-. The zero-order chi connectivity index (χ0) is 13.9. The molecule has 20 heavy (non-hydrogen) atoms. The first-order valence-electron chi connectivity index (χ1n) is 6.74. The van der Waals surface area contributed by atoms with Gasteiger partial charge in [-0.2, -0.15) is 5.06 Å². The third kappa shape index (κ3) is 2.34. The number of benzene rings is 1. The van der Waals surface area contributed by atoms with Gasteiger partial charge in [0.25, 0.3) is 0 Å². The van der Waals surface area contributed by atoms with Crippen LogP contribution in [0.5, 0.6) is 0 Å². The molecule has 1 aromatic rings. The van der Waals surface area contributed by atoms with Crippen molar-refractivity contribution in [2.24, 2.45) is 5.16 Å². The van der Waals surface area contributed by atoms with Gasteiger partial charge < -0.3 is 10.1 Å². The average Bonchev–Trinajstić information content (AvgIpc) is 2.73. The van der Waals surface area contributed by atoms with Crippen molar-refractivity contribution in [1.82, 2.24) is 9.96 Å². The Hall–Kier alpha value is -2.08. The van der Waals surface area contributed by atoms with Gasteiger partial charge in [0.1, 0.15) is 6.61 Å². The fraction of sp³-hybridized carbons (Fsp3) is 0.429. The van der Waals surface area contributed by atoms with Crippen LogP contribution in [0.2, 0.25) is 0 Å². The van der Waals surface area contributed by atoms with Gasteiger partial charge >= 0.3 is 6.03 Å². The van der Waals surface area contributed by atoms with Crippen LogP contribution in [0.15, 0.2) is 35.5 Å². The number of nitrogens with zero attached hydrogens (tertiary/aromatic N) is 3. The van der Waals surface area contributed by atoms with Gasteiger partial charge in [-0.25, -0.2) is 4.79 Å². The molecule has 1 aromatic carbocycles. The average molecular weight is 275 g/mol. The number of hydrogen-bond acceptors (Lipinski definition) is 4. The number of fused-ring (bicyclic) bond motifs is 2. The SMILES string of the molecule is O=C1N2CC(CCC2/C=N\O)N1OCc1ccccc1. The van der Waals surface area contributed by atoms with Gasteiger partial charge in [-0.3, -0.25) is 4.84 Å². The Morgan fingerprint density at radius 3 is 2.90 bits per heavy atom. The molecular formula is C14H17N3O3. The van der Waals surface area contributed by atoms with Crippen molar-refractivity contribution in [2.45, 2.75) is 31.5 Å². The summed E-state index contributed by atoms with van der Waals surface area (Å²) >= 11 is 0. The van der Waals surface area contributed by atoms with E-state index in [-0.39, 0.29) is 18.1 Å². The molecule has 2 heterocycles. The first-order valence-corrected chi connectivity index (χ1v) is 6.74. The summed E-state index contributed by atoms with van der Waals surface area (Å²) in [6, 6.07) is 9.59. The summed E-state index contributed by atoms with van der Waals surface area (Å²) in [5.74, 6) is 0. The number of hydroxylamine groups is 2. The lowest BCUT2D eigenvalue weighted by Crippen LogP contribution is -2.40. The van der Waals surface area contributed by atoms with E-state index in [9.17, 15) is 4.79 Å². The molecule has 2 aliphatic heterocycles. The molecule has 0 aromatic heterocycles. The molecule has 6 nitrogen and oxygen atoms in total. The number of amides is 2. The van der Waals surface area contributed by atoms with Gasteiger partial charge in [0.2, 0.25) is 0 Å². The molecule has 1 N–H and O–H groups in total. The van der Waals surface area contributed by atoms with Crippen LogP contribution in [-0.2, 0) is 11.4 Å². The molecule has 106 valence electrons. The highest BCUT2D eigenvalue weighted by Crippen LogP contribution is 2.29. The first-order chi connectivity index (χ1) is 9.79. The molecule has 3 rings (SSSR count). The Morgan fingerprint density at radius 1 is 1.35 bits per heavy atom. The number of carbonyl (C=O) groups is 1. The minimum Gasteiger partial charge on any atom is -0.411 e. The van der Waals surface area contributed by atoms with Gasteiger partial charge in [-0.05, 0) is 18.4 Å². The Labute approximate surface area is 117 Å². The van der Waals surface area contributed by atoms with E-state index >= 15 is 0 Å². The summed E-state index contributed by atoms with van der Waals surface area (Å²) in [4.78, 5) is 19.6. The lowest BCUT2D eigenvalue weighted by molar-refractivity contribution is -0.140. The van der Waals surface area contributed by atoms with Crippen molar-refractivity contribution in [3.8, 4) is 0 Å². The fourth-order valence-corrected chi connectivity index (χ4v) is 2.78. The minimum atomic E-state index is -0.145. The summed E-state index contributed by atoms with van der Waals surface area (Å²) in [6.07, 6.45) is 3.06. The quantitative estimate of drug-likeness (QED) is 0.518. The first kappa shape index (κ1) is 12.9. The van der Waals surface area contributed by atoms with Crippen molar-refractivity contribution in [3.63, 3.8) is 0 Å². The predicted molar refractivity (Wildman–Crippen MR) is 72.3 cm³/mol. The number of rotatable bonds is 4. The van der Waals surface area contributed by atoms with Crippen molar-refractivity contribution in [3.05, 3.63) is 35.9 Å². The van der Waals surface area contributed by atoms with E-state index in [1.54, 1.807) is 4.90 Å². The molecule has 0 aliphatic carbocycles. The topological polar surface area (TPSA) is 65.4 Å². The Balaban J connectivity index is 1.65. The van der Waals surface area contributed by atoms with Crippen LogP contribution in [0, 0.1) is 0 Å². The second-order valence-corrected chi connectivity index (χ2v) is 5.08. The van der Waals surface area contributed by atoms with Crippen LogP contribution in [0.3, 0.4) is 0 Å². The maximum absolute atomic E-state index is 12.3. The van der Waals surface area contributed by atoms with Crippen molar-refractivity contribution >= 4 is 12.2 Å². The van der Waals surface area contributed by atoms with Crippen LogP contribution in [-0.4, -0.2) is 46.0 Å². The smallest absolute Gasteiger partial charge is 0.344 e. The Bertz CT molecular complexity index is 506. The lowest BCUT2D eigenvalue weighted by atomic mass is 10.0. The summed E-state index contributed by atoms with van der Waals surface area (Å²) in [7, 11) is 0. The normalized spacial score (nSPS) is 25.7. The van der Waals surface area contributed by atoms with E-state index in [0.717, 1.165) is 18.4 Å². The van der Waals surface area contributed by atoms with Gasteiger partial charge in [-0.1, -0.05) is 35.5 Å². The van der Waals surface area contributed by atoms with Crippen LogP contribution < -0.4 is 0 Å². The van der Waals surface area contributed by atoms with Crippen LogP contribution >= 0.6 is 0 Å². The highest BCUT2D eigenvalue weighted by molar-refractivity contribution is 5.81. The monoisotopic (exact) mass is 275 g/mol. The zero-order valence-corrected chi connectivity index (χ0v) is 11.1. The molecule has 2 saturated heterocycles. The van der Waals surface area contributed by atoms with E-state index in [4.69, 9.17) is 10.0 Å². The van der Waals surface area contributed by atoms with E-state index in [2.05, 4.69) is 5.16 Å². The third-order valence-corrected chi connectivity index (χ3v) is 3.82. The maximum Gasteiger partial charge on any atom is 0.344 e. The molecule has 0 spiro atoms. The molecule has 2 amide bonds. The van der Waals surface area contributed by atoms with Crippen LogP contribution in [0.25, 0.3) is 0 Å². The van der Waals surface area contributed by atoms with Gasteiger partial charge in [-0.15, -0.1) is 0 Å². The summed E-state index contributed by atoms with van der Waals surface area (Å²) < 4.78 is 0. The summed E-state index contributed by atoms with van der Waals surface area (Å²) in [6.45, 7) is 1.01. The number of oxime groups is 1. The molecule has 6 heteroatoms. The Kier molecular flexibility index (Phi) is 3.56. The summed E-state index contributed by atoms with van der Waals surface area (Å²) in [5.41, 5.74) is 1.03. The number of hydrogen-bond donors (Lipinski definition) is 1. The van der Waals surface area contributed by atoms with Gasteiger partial charge in [0.05, 0.1) is 18.3 Å². The number of carbonyl (C=O) groups excluding carboxylic acids is 1. The minimum absolute atomic E-state index is 0.0922. The second-order valence-electron chi connectivity index (χ2n) is 5.08. The van der Waals surface area contributed by atoms with Crippen molar-refractivity contribution < 1.29 is 14.8 Å². The predicted octanol–water partition coefficient (Wildman–Crippen LogP) is 1.85. The molecule has 0 saturated carbocycles. The molecule has 2 unspecified atom stereocenters. The number of urea groups is 1. The Morgan fingerprint density at radius 2 is 2.15 bits per heavy atom. The van der Waals surface area contributed by atoms with E-state index in [0.29, 0.717) is 13.2 Å². The highest BCUT2D eigenvalue weighted by atomic mass is 16.7. The molecule has 2 bridgehead atoms. The second kappa shape index (κ2) is 5.50. The lowest BCUT2D eigenvalue weighted by Gasteiger charge is -2.26. The van der Waals surface area contributed by atoms with Crippen molar-refractivity contribution in [2.75, 3.05) is 6.54 Å². The largest absolute Gasteiger partial charge is 0.411 e. The third-order valence-electron chi connectivity index (χ3n) is 3.82. The fourth-order valence-electron chi connectivity index (χ4n) is 2.78. The highest BCUT2D eigenvalue weighted by Gasteiger charge is 2.45. The molecule has 2 atom stereocenters. The van der Waals surface area contributed by atoms with Gasteiger partial charge in [0, 0.05) is 6.54 Å². The van der Waals surface area contributed by atoms with Gasteiger partial charge in [0.15, 0.2) is 0 Å². The molecule has 2 aliphatic rings. The van der Waals surface area contributed by atoms with Crippen LogP contribution in [0.1, 0.15) is 18.4 Å². The zero-order valence-electron chi connectivity index (χ0n) is 11.1. The summed E-state index contributed by atoms with van der Waals surface area (Å²) in [5, 5.41) is 13.2. The number of piperidine rings is 1.